The summed E-state index contributed by atoms with van der Waals surface area (Å²) in [6.45, 7) is 5.32. The summed E-state index contributed by atoms with van der Waals surface area (Å²) in [5.74, 6) is -0.0196. The standard InChI is InChI=1S/C25H25N3O4S/c1-14(2)32-24(31)19-15(3)26-22-21(20(19)17-9-11-18(29)12-10-17)23(30)28-25(27-22)33-13-16-7-5-4-6-8-16/h4-12,14,20,29H,13H2,1-3H3,(H2,26,27,28,30). The fourth-order valence-corrected chi connectivity index (χ4v) is 4.59. The summed E-state index contributed by atoms with van der Waals surface area (Å²) in [6.07, 6.45) is -0.312. The molecule has 8 heteroatoms. The van der Waals surface area contributed by atoms with Crippen LogP contribution in [0.15, 0.2) is 75.8 Å². The first-order valence-corrected chi connectivity index (χ1v) is 11.6. The van der Waals surface area contributed by atoms with Crippen LogP contribution in [0.25, 0.3) is 0 Å². The molecule has 2 aromatic carbocycles. The third kappa shape index (κ3) is 4.96. The van der Waals surface area contributed by atoms with Gasteiger partial charge in [0.1, 0.15) is 11.6 Å². The first-order chi connectivity index (χ1) is 15.8. The number of H-pyrrole nitrogens is 1. The number of phenolic OH excluding ortho intramolecular Hbond substituents is 1. The van der Waals surface area contributed by atoms with E-state index in [1.165, 1.54) is 23.9 Å². The van der Waals surface area contributed by atoms with Crippen molar-refractivity contribution >= 4 is 23.5 Å². The summed E-state index contributed by atoms with van der Waals surface area (Å²) >= 11 is 1.43. The number of aromatic hydroxyl groups is 1. The van der Waals surface area contributed by atoms with Crippen LogP contribution in [0.5, 0.6) is 5.75 Å². The van der Waals surface area contributed by atoms with E-state index < -0.39 is 11.9 Å². The lowest BCUT2D eigenvalue weighted by molar-refractivity contribution is -0.143. The molecule has 1 aromatic heterocycles. The number of aromatic nitrogens is 2. The molecule has 1 atom stereocenters. The summed E-state index contributed by atoms with van der Waals surface area (Å²) in [6, 6.07) is 16.4. The van der Waals surface area contributed by atoms with Crippen molar-refractivity contribution < 1.29 is 14.6 Å². The maximum absolute atomic E-state index is 13.3. The number of esters is 1. The lowest BCUT2D eigenvalue weighted by Crippen LogP contribution is -2.31. The Bertz CT molecular complexity index is 1250. The molecular formula is C25H25N3O4S. The second-order valence-electron chi connectivity index (χ2n) is 8.05. The second-order valence-corrected chi connectivity index (χ2v) is 9.01. The molecule has 0 radical (unpaired) electrons. The summed E-state index contributed by atoms with van der Waals surface area (Å²) < 4.78 is 5.48. The van der Waals surface area contributed by atoms with Gasteiger partial charge in [-0.15, -0.1) is 0 Å². The molecule has 3 N–H and O–H groups in total. The first kappa shape index (κ1) is 22.7. The third-order valence-corrected chi connectivity index (χ3v) is 6.17. The normalized spacial score (nSPS) is 15.2. The van der Waals surface area contributed by atoms with Crippen LogP contribution >= 0.6 is 11.8 Å². The van der Waals surface area contributed by atoms with Gasteiger partial charge in [-0.05, 0) is 44.0 Å². The number of benzene rings is 2. The van der Waals surface area contributed by atoms with E-state index in [1.54, 1.807) is 32.9 Å². The molecule has 7 nitrogen and oxygen atoms in total. The van der Waals surface area contributed by atoms with Gasteiger partial charge in [0.15, 0.2) is 5.16 Å². The van der Waals surface area contributed by atoms with Crippen LogP contribution in [-0.2, 0) is 15.3 Å². The highest BCUT2D eigenvalue weighted by molar-refractivity contribution is 7.98. The molecule has 0 amide bonds. The van der Waals surface area contributed by atoms with Crippen LogP contribution in [0.2, 0.25) is 0 Å². The monoisotopic (exact) mass is 463 g/mol. The lowest BCUT2D eigenvalue weighted by Gasteiger charge is -2.29. The van der Waals surface area contributed by atoms with E-state index in [2.05, 4.69) is 15.3 Å². The molecule has 0 bridgehead atoms. The SMILES string of the molecule is CC1=C(C(=O)OC(C)C)C(c2ccc(O)cc2)c2c(nc(SCc3ccccc3)[nH]c2=O)N1. The van der Waals surface area contributed by atoms with Gasteiger partial charge in [0, 0.05) is 11.4 Å². The maximum atomic E-state index is 13.3. The van der Waals surface area contributed by atoms with Crippen molar-refractivity contribution in [2.24, 2.45) is 0 Å². The van der Waals surface area contributed by atoms with Gasteiger partial charge in [-0.25, -0.2) is 9.78 Å². The van der Waals surface area contributed by atoms with Crippen molar-refractivity contribution in [3.8, 4) is 5.75 Å². The molecule has 170 valence electrons. The molecule has 0 saturated heterocycles. The second kappa shape index (κ2) is 9.54. The fraction of sp³-hybridized carbons (Fsp3) is 0.240. The van der Waals surface area contributed by atoms with Crippen LogP contribution in [0, 0.1) is 0 Å². The number of phenols is 1. The molecule has 3 aromatic rings. The molecule has 0 fully saturated rings. The van der Waals surface area contributed by atoms with Gasteiger partial charge in [0.05, 0.1) is 23.2 Å². The average Bonchev–Trinajstić information content (AvgIpc) is 2.77. The Morgan fingerprint density at radius 1 is 1.15 bits per heavy atom. The van der Waals surface area contributed by atoms with E-state index in [4.69, 9.17) is 4.74 Å². The number of rotatable bonds is 6. The zero-order valence-corrected chi connectivity index (χ0v) is 19.4. The van der Waals surface area contributed by atoms with Gasteiger partial charge in [-0.2, -0.15) is 0 Å². The minimum atomic E-state index is -0.683. The van der Waals surface area contributed by atoms with E-state index >= 15 is 0 Å². The van der Waals surface area contributed by atoms with Gasteiger partial charge >= 0.3 is 5.97 Å². The van der Waals surface area contributed by atoms with Gasteiger partial charge in [0.25, 0.3) is 5.56 Å². The number of allylic oxidation sites excluding steroid dienone is 1. The average molecular weight is 464 g/mol. The Morgan fingerprint density at radius 2 is 1.85 bits per heavy atom. The third-order valence-electron chi connectivity index (χ3n) is 5.23. The Kier molecular flexibility index (Phi) is 6.55. The van der Waals surface area contributed by atoms with Crippen molar-refractivity contribution in [1.29, 1.82) is 0 Å². The maximum Gasteiger partial charge on any atom is 0.337 e. The number of carbonyl (C=O) groups is 1. The number of nitrogens with zero attached hydrogens (tertiary/aromatic N) is 1. The summed E-state index contributed by atoms with van der Waals surface area (Å²) in [7, 11) is 0. The highest BCUT2D eigenvalue weighted by Crippen LogP contribution is 2.40. The molecule has 1 aliphatic rings. The van der Waals surface area contributed by atoms with Crippen molar-refractivity contribution in [3.05, 3.63) is 92.9 Å². The largest absolute Gasteiger partial charge is 0.508 e. The van der Waals surface area contributed by atoms with Crippen LogP contribution in [0.3, 0.4) is 0 Å². The van der Waals surface area contributed by atoms with Crippen LogP contribution in [0.1, 0.15) is 43.4 Å². The summed E-state index contributed by atoms with van der Waals surface area (Å²) in [5, 5.41) is 13.4. The fourth-order valence-electron chi connectivity index (χ4n) is 3.77. The number of hydrogen-bond acceptors (Lipinski definition) is 7. The van der Waals surface area contributed by atoms with Crippen LogP contribution in [-0.4, -0.2) is 27.1 Å². The van der Waals surface area contributed by atoms with E-state index in [0.717, 1.165) is 5.56 Å². The van der Waals surface area contributed by atoms with E-state index in [9.17, 15) is 14.7 Å². The topological polar surface area (TPSA) is 104 Å². The summed E-state index contributed by atoms with van der Waals surface area (Å²) in [5.41, 5.74) is 2.73. The van der Waals surface area contributed by atoms with E-state index in [1.807, 2.05) is 30.3 Å². The highest BCUT2D eigenvalue weighted by atomic mass is 32.2. The van der Waals surface area contributed by atoms with Gasteiger partial charge in [-0.1, -0.05) is 54.2 Å². The van der Waals surface area contributed by atoms with Crippen molar-refractivity contribution in [1.82, 2.24) is 9.97 Å². The quantitative estimate of drug-likeness (QED) is 0.280. The first-order valence-electron chi connectivity index (χ1n) is 10.6. The minimum Gasteiger partial charge on any atom is -0.508 e. The van der Waals surface area contributed by atoms with Crippen LogP contribution in [0.4, 0.5) is 5.82 Å². The van der Waals surface area contributed by atoms with Gasteiger partial charge in [-0.3, -0.25) is 4.79 Å². The number of thioether (sulfide) groups is 1. The molecule has 1 unspecified atom stereocenters. The molecule has 2 heterocycles. The molecule has 0 saturated carbocycles. The van der Waals surface area contributed by atoms with E-state index in [0.29, 0.717) is 39.1 Å². The van der Waals surface area contributed by atoms with Gasteiger partial charge < -0.3 is 20.1 Å². The zero-order chi connectivity index (χ0) is 23.5. The number of anilines is 1. The smallest absolute Gasteiger partial charge is 0.337 e. The molecule has 0 spiro atoms. The number of carbonyl (C=O) groups excluding carboxylic acids is 1. The zero-order valence-electron chi connectivity index (χ0n) is 18.6. The number of nitrogens with one attached hydrogen (secondary N) is 2. The predicted octanol–water partition coefficient (Wildman–Crippen LogP) is 4.55. The predicted molar refractivity (Wildman–Crippen MR) is 128 cm³/mol. The van der Waals surface area contributed by atoms with Crippen molar-refractivity contribution in [2.75, 3.05) is 5.32 Å². The highest BCUT2D eigenvalue weighted by Gasteiger charge is 2.36. The minimum absolute atomic E-state index is 0.0969. The molecule has 4 rings (SSSR count). The number of aromatic amines is 1. The Labute approximate surface area is 195 Å². The number of ether oxygens (including phenoxy) is 1. The van der Waals surface area contributed by atoms with E-state index in [-0.39, 0.29) is 17.4 Å². The summed E-state index contributed by atoms with van der Waals surface area (Å²) in [4.78, 5) is 33.8. The molecule has 1 aliphatic heterocycles. The van der Waals surface area contributed by atoms with Gasteiger partial charge in [0.2, 0.25) is 0 Å². The molecular weight excluding hydrogens is 438 g/mol. The Morgan fingerprint density at radius 3 is 2.52 bits per heavy atom. The van der Waals surface area contributed by atoms with Crippen molar-refractivity contribution in [3.63, 3.8) is 0 Å². The Hall–Kier alpha value is -3.52. The number of hydrogen-bond donors (Lipinski definition) is 3. The number of fused-ring (bicyclic) bond motifs is 1. The lowest BCUT2D eigenvalue weighted by atomic mass is 9.82. The Balaban J connectivity index is 1.76. The van der Waals surface area contributed by atoms with Crippen LogP contribution < -0.4 is 10.9 Å². The molecule has 0 aliphatic carbocycles. The van der Waals surface area contributed by atoms with Crippen molar-refractivity contribution in [2.45, 2.75) is 43.7 Å². The molecule has 33 heavy (non-hydrogen) atoms.